The molecule has 1 aromatic heterocycles. The van der Waals surface area contributed by atoms with Crippen LogP contribution in [0.1, 0.15) is 23.0 Å². The molecule has 0 amide bonds. The Hall–Kier alpha value is -1.79. The Labute approximate surface area is 87.9 Å². The predicted molar refractivity (Wildman–Crippen MR) is 48.3 cm³/mol. The van der Waals surface area contributed by atoms with Crippen molar-refractivity contribution in [2.24, 2.45) is 0 Å². The van der Waals surface area contributed by atoms with Gasteiger partial charge in [0.25, 0.3) is 5.56 Å². The summed E-state index contributed by atoms with van der Waals surface area (Å²) in [5.74, 6) is -1.56. The number of rotatable bonds is 2. The van der Waals surface area contributed by atoms with Gasteiger partial charge in [0, 0.05) is 12.6 Å². The average Bonchev–Trinajstić information content (AvgIpc) is 2.14. The van der Waals surface area contributed by atoms with Gasteiger partial charge in [-0.05, 0) is 13.0 Å². The van der Waals surface area contributed by atoms with E-state index in [1.54, 1.807) is 0 Å². The number of aromatic nitrogens is 1. The maximum atomic E-state index is 12.5. The third-order valence-electron chi connectivity index (χ3n) is 1.98. The first kappa shape index (κ1) is 12.3. The van der Waals surface area contributed by atoms with Gasteiger partial charge in [0.05, 0.1) is 5.56 Å². The Balaban J connectivity index is 3.56. The van der Waals surface area contributed by atoms with Crippen molar-refractivity contribution in [3.8, 4) is 0 Å². The summed E-state index contributed by atoms with van der Waals surface area (Å²) < 4.78 is 38.0. The summed E-state index contributed by atoms with van der Waals surface area (Å²) in [6.07, 6.45) is -4.75. The first-order valence-corrected chi connectivity index (χ1v) is 4.32. The van der Waals surface area contributed by atoms with Crippen molar-refractivity contribution in [3.63, 3.8) is 0 Å². The third-order valence-corrected chi connectivity index (χ3v) is 1.98. The van der Waals surface area contributed by atoms with Crippen molar-refractivity contribution in [3.05, 3.63) is 33.7 Å². The first-order chi connectivity index (χ1) is 7.27. The van der Waals surface area contributed by atoms with E-state index >= 15 is 0 Å². The van der Waals surface area contributed by atoms with Crippen LogP contribution < -0.4 is 5.56 Å². The number of carbonyl (C=O) groups is 1. The molecule has 1 N–H and O–H groups in total. The first-order valence-electron chi connectivity index (χ1n) is 4.32. The molecule has 7 heteroatoms. The standard InChI is InChI=1S/C9H8F3NO3/c1-2-13-6(9(10,11)12)3-5(8(15)16)4-7(13)14/h3-4H,2H2,1H3,(H,15,16). The van der Waals surface area contributed by atoms with Gasteiger partial charge in [-0.1, -0.05) is 0 Å². The predicted octanol–water partition coefficient (Wildman–Crippen LogP) is 1.59. The van der Waals surface area contributed by atoms with Crippen molar-refractivity contribution < 1.29 is 23.1 Å². The van der Waals surface area contributed by atoms with Crippen LogP contribution in [0, 0.1) is 0 Å². The van der Waals surface area contributed by atoms with Crippen LogP contribution in [-0.4, -0.2) is 15.6 Å². The number of carboxylic acids is 1. The molecule has 0 saturated heterocycles. The van der Waals surface area contributed by atoms with E-state index in [0.29, 0.717) is 16.7 Å². The molecular formula is C9H8F3NO3. The molecule has 4 nitrogen and oxygen atoms in total. The molecule has 1 aromatic rings. The molecular weight excluding hydrogens is 227 g/mol. The zero-order valence-corrected chi connectivity index (χ0v) is 8.21. The Morgan fingerprint density at radius 1 is 1.44 bits per heavy atom. The van der Waals surface area contributed by atoms with Crippen LogP contribution in [-0.2, 0) is 12.7 Å². The lowest BCUT2D eigenvalue weighted by Gasteiger charge is -2.14. The highest BCUT2D eigenvalue weighted by Crippen LogP contribution is 2.28. The maximum Gasteiger partial charge on any atom is 0.431 e. The molecule has 0 unspecified atom stereocenters. The molecule has 0 spiro atoms. The summed E-state index contributed by atoms with van der Waals surface area (Å²) >= 11 is 0. The van der Waals surface area contributed by atoms with E-state index in [4.69, 9.17) is 5.11 Å². The number of hydrogen-bond donors (Lipinski definition) is 1. The van der Waals surface area contributed by atoms with Gasteiger partial charge in [0.1, 0.15) is 5.69 Å². The van der Waals surface area contributed by atoms with Crippen LogP contribution in [0.5, 0.6) is 0 Å². The minimum atomic E-state index is -4.75. The molecule has 0 saturated carbocycles. The molecule has 0 bridgehead atoms. The van der Waals surface area contributed by atoms with E-state index in [-0.39, 0.29) is 6.54 Å². The van der Waals surface area contributed by atoms with Crippen molar-refractivity contribution >= 4 is 5.97 Å². The third kappa shape index (κ3) is 2.23. The molecule has 0 atom stereocenters. The van der Waals surface area contributed by atoms with Crippen LogP contribution >= 0.6 is 0 Å². The minimum Gasteiger partial charge on any atom is -0.478 e. The van der Waals surface area contributed by atoms with Crippen molar-refractivity contribution in [2.45, 2.75) is 19.6 Å². The highest BCUT2D eigenvalue weighted by atomic mass is 19.4. The Bertz CT molecular complexity index is 476. The summed E-state index contributed by atoms with van der Waals surface area (Å²) in [4.78, 5) is 21.8. The van der Waals surface area contributed by atoms with Crippen LogP contribution in [0.4, 0.5) is 13.2 Å². The minimum absolute atomic E-state index is 0.173. The molecule has 1 rings (SSSR count). The average molecular weight is 235 g/mol. The summed E-state index contributed by atoms with van der Waals surface area (Å²) in [5, 5.41) is 8.55. The zero-order valence-electron chi connectivity index (χ0n) is 8.21. The molecule has 0 fully saturated rings. The van der Waals surface area contributed by atoms with E-state index in [2.05, 4.69) is 0 Å². The van der Waals surface area contributed by atoms with Crippen LogP contribution in [0.25, 0.3) is 0 Å². The monoisotopic (exact) mass is 235 g/mol. The number of halogens is 3. The molecule has 0 radical (unpaired) electrons. The van der Waals surface area contributed by atoms with Gasteiger partial charge in [-0.15, -0.1) is 0 Å². The Morgan fingerprint density at radius 2 is 2.00 bits per heavy atom. The second kappa shape index (κ2) is 3.99. The largest absolute Gasteiger partial charge is 0.478 e. The smallest absolute Gasteiger partial charge is 0.431 e. The van der Waals surface area contributed by atoms with Crippen molar-refractivity contribution in [1.29, 1.82) is 0 Å². The van der Waals surface area contributed by atoms with Crippen LogP contribution in [0.2, 0.25) is 0 Å². The second-order valence-electron chi connectivity index (χ2n) is 3.01. The van der Waals surface area contributed by atoms with E-state index in [1.807, 2.05) is 0 Å². The number of nitrogens with zero attached hydrogens (tertiary/aromatic N) is 1. The number of pyridine rings is 1. The highest BCUT2D eigenvalue weighted by molar-refractivity contribution is 5.87. The summed E-state index contributed by atoms with van der Waals surface area (Å²) in [6.45, 7) is 1.20. The second-order valence-corrected chi connectivity index (χ2v) is 3.01. The summed E-state index contributed by atoms with van der Waals surface area (Å²) in [6, 6.07) is 1.12. The van der Waals surface area contributed by atoms with Gasteiger partial charge in [0.15, 0.2) is 0 Å². The van der Waals surface area contributed by atoms with Crippen LogP contribution in [0.3, 0.4) is 0 Å². The number of alkyl halides is 3. The van der Waals surface area contributed by atoms with E-state index < -0.39 is 29.0 Å². The van der Waals surface area contributed by atoms with E-state index in [9.17, 15) is 22.8 Å². The lowest BCUT2D eigenvalue weighted by Crippen LogP contribution is -2.28. The molecule has 0 aliphatic carbocycles. The van der Waals surface area contributed by atoms with Crippen molar-refractivity contribution in [2.75, 3.05) is 0 Å². The molecule has 0 aromatic carbocycles. The van der Waals surface area contributed by atoms with Crippen molar-refractivity contribution in [1.82, 2.24) is 4.57 Å². The fourth-order valence-corrected chi connectivity index (χ4v) is 1.28. The lowest BCUT2D eigenvalue weighted by molar-refractivity contribution is -0.144. The summed E-state index contributed by atoms with van der Waals surface area (Å²) in [5.41, 5.74) is -2.89. The fraction of sp³-hybridized carbons (Fsp3) is 0.333. The Kier molecular flexibility index (Phi) is 3.06. The molecule has 88 valence electrons. The number of carboxylic acid groups (broad SMARTS) is 1. The molecule has 1 heterocycles. The van der Waals surface area contributed by atoms with Gasteiger partial charge in [-0.25, -0.2) is 4.79 Å². The molecule has 16 heavy (non-hydrogen) atoms. The topological polar surface area (TPSA) is 59.3 Å². The van der Waals surface area contributed by atoms with E-state index in [0.717, 1.165) is 0 Å². The van der Waals surface area contributed by atoms with Gasteiger partial charge in [0.2, 0.25) is 0 Å². The number of hydrogen-bond acceptors (Lipinski definition) is 2. The normalized spacial score (nSPS) is 11.5. The van der Waals surface area contributed by atoms with Gasteiger partial charge in [-0.2, -0.15) is 13.2 Å². The van der Waals surface area contributed by atoms with Gasteiger partial charge < -0.3 is 9.67 Å². The maximum absolute atomic E-state index is 12.5. The van der Waals surface area contributed by atoms with Gasteiger partial charge >= 0.3 is 12.1 Å². The number of aromatic carboxylic acids is 1. The highest BCUT2D eigenvalue weighted by Gasteiger charge is 2.35. The fourth-order valence-electron chi connectivity index (χ4n) is 1.28. The molecule has 0 aliphatic rings. The molecule has 0 aliphatic heterocycles. The van der Waals surface area contributed by atoms with E-state index in [1.165, 1.54) is 6.92 Å². The summed E-state index contributed by atoms with van der Waals surface area (Å²) in [7, 11) is 0. The van der Waals surface area contributed by atoms with Crippen LogP contribution in [0.15, 0.2) is 16.9 Å². The quantitative estimate of drug-likeness (QED) is 0.846. The SMILES string of the molecule is CCn1c(C(F)(F)F)cc(C(=O)O)cc1=O. The lowest BCUT2D eigenvalue weighted by atomic mass is 10.2. The Morgan fingerprint density at radius 3 is 2.38 bits per heavy atom. The zero-order chi connectivity index (χ0) is 12.5. The van der Waals surface area contributed by atoms with Gasteiger partial charge in [-0.3, -0.25) is 4.79 Å².